The molecule has 2 saturated heterocycles. The van der Waals surface area contributed by atoms with Crippen molar-refractivity contribution in [1.29, 1.82) is 0 Å². The van der Waals surface area contributed by atoms with E-state index in [-0.39, 0.29) is 37.2 Å². The Labute approximate surface area is 133 Å². The zero-order valence-corrected chi connectivity index (χ0v) is 12.8. The smallest absolute Gasteiger partial charge is 0.361 e. The molecule has 2 atom stereocenters. The van der Waals surface area contributed by atoms with E-state index in [0.29, 0.717) is 0 Å². The standard InChI is InChI=1S/C15H18F3NO2.ClH/c16-15(17,18)13-7-2-1-6-12(13)14(20)10-19-8-4-3-5-11(19)9-21-14;/h1-2,6-7,11,20H,3-5,8-10H2;1H. The molecule has 2 unspecified atom stereocenters. The first kappa shape index (κ1) is 17.5. The molecule has 7 heteroatoms. The van der Waals surface area contributed by atoms with Gasteiger partial charge in [-0.3, -0.25) is 4.90 Å². The SMILES string of the molecule is Cl.OC1(c2ccccc2C(F)(F)F)CN2CCCCC2CO1. The summed E-state index contributed by atoms with van der Waals surface area (Å²) in [5, 5.41) is 10.7. The van der Waals surface area contributed by atoms with Gasteiger partial charge in [-0.2, -0.15) is 13.2 Å². The number of alkyl halides is 3. The molecule has 3 nitrogen and oxygen atoms in total. The Hall–Kier alpha value is -0.820. The molecule has 2 aliphatic heterocycles. The van der Waals surface area contributed by atoms with E-state index >= 15 is 0 Å². The summed E-state index contributed by atoms with van der Waals surface area (Å²) in [5.41, 5.74) is -1.02. The number of hydrogen-bond donors (Lipinski definition) is 1. The molecule has 1 N–H and O–H groups in total. The molecule has 0 saturated carbocycles. The van der Waals surface area contributed by atoms with E-state index in [0.717, 1.165) is 31.9 Å². The van der Waals surface area contributed by atoms with Crippen molar-refractivity contribution in [2.75, 3.05) is 19.7 Å². The lowest BCUT2D eigenvalue weighted by Crippen LogP contribution is -2.56. The van der Waals surface area contributed by atoms with Gasteiger partial charge < -0.3 is 9.84 Å². The van der Waals surface area contributed by atoms with Gasteiger partial charge in [0.1, 0.15) is 0 Å². The van der Waals surface area contributed by atoms with Gasteiger partial charge in [0.15, 0.2) is 0 Å². The van der Waals surface area contributed by atoms with Crippen molar-refractivity contribution in [3.05, 3.63) is 35.4 Å². The van der Waals surface area contributed by atoms with Crippen molar-refractivity contribution in [1.82, 2.24) is 4.90 Å². The second-order valence-corrected chi connectivity index (χ2v) is 5.76. The Bertz CT molecular complexity index is 526. The minimum absolute atomic E-state index is 0. The lowest BCUT2D eigenvalue weighted by molar-refractivity contribution is -0.267. The highest BCUT2D eigenvalue weighted by Crippen LogP contribution is 2.40. The molecule has 1 aromatic carbocycles. The molecule has 124 valence electrons. The lowest BCUT2D eigenvalue weighted by atomic mass is 9.93. The van der Waals surface area contributed by atoms with Crippen molar-refractivity contribution in [2.45, 2.75) is 37.3 Å². The summed E-state index contributed by atoms with van der Waals surface area (Å²) in [6.07, 6.45) is -1.43. The third-order valence-corrected chi connectivity index (χ3v) is 4.33. The van der Waals surface area contributed by atoms with Gasteiger partial charge in [-0.05, 0) is 25.5 Å². The molecule has 0 aromatic heterocycles. The van der Waals surface area contributed by atoms with Crippen molar-refractivity contribution >= 4 is 12.4 Å². The maximum Gasteiger partial charge on any atom is 0.416 e. The number of aliphatic hydroxyl groups is 1. The zero-order chi connectivity index (χ0) is 15.1. The van der Waals surface area contributed by atoms with Crippen LogP contribution in [-0.2, 0) is 16.7 Å². The third kappa shape index (κ3) is 3.25. The Morgan fingerprint density at radius 2 is 1.95 bits per heavy atom. The molecule has 0 amide bonds. The van der Waals surface area contributed by atoms with Crippen LogP contribution in [-0.4, -0.2) is 35.7 Å². The summed E-state index contributed by atoms with van der Waals surface area (Å²) in [4.78, 5) is 2.04. The van der Waals surface area contributed by atoms with Crippen LogP contribution in [0.5, 0.6) is 0 Å². The van der Waals surface area contributed by atoms with Gasteiger partial charge in [0, 0.05) is 11.6 Å². The Morgan fingerprint density at radius 1 is 1.23 bits per heavy atom. The molecular weight excluding hydrogens is 319 g/mol. The van der Waals surface area contributed by atoms with Crippen LogP contribution in [0, 0.1) is 0 Å². The summed E-state index contributed by atoms with van der Waals surface area (Å²) in [5.74, 6) is -1.89. The Balaban J connectivity index is 0.00000176. The fraction of sp³-hybridized carbons (Fsp3) is 0.600. The highest BCUT2D eigenvalue weighted by Gasteiger charge is 2.46. The molecule has 0 aliphatic carbocycles. The van der Waals surface area contributed by atoms with Crippen molar-refractivity contribution < 1.29 is 23.0 Å². The predicted molar refractivity (Wildman–Crippen MR) is 77.8 cm³/mol. The molecule has 2 fully saturated rings. The minimum atomic E-state index is -4.51. The average molecular weight is 338 g/mol. The topological polar surface area (TPSA) is 32.7 Å². The zero-order valence-electron chi connectivity index (χ0n) is 12.0. The van der Waals surface area contributed by atoms with E-state index < -0.39 is 17.5 Å². The van der Waals surface area contributed by atoms with Crippen LogP contribution in [0.15, 0.2) is 24.3 Å². The number of morpholine rings is 1. The van der Waals surface area contributed by atoms with Gasteiger partial charge in [0.05, 0.1) is 18.7 Å². The molecule has 2 aliphatic rings. The van der Waals surface area contributed by atoms with Crippen LogP contribution < -0.4 is 0 Å². The second-order valence-electron chi connectivity index (χ2n) is 5.76. The molecule has 1 aromatic rings. The molecule has 0 radical (unpaired) electrons. The average Bonchev–Trinajstić information content (AvgIpc) is 2.46. The largest absolute Gasteiger partial charge is 0.416 e. The van der Waals surface area contributed by atoms with Crippen LogP contribution in [0.4, 0.5) is 13.2 Å². The third-order valence-electron chi connectivity index (χ3n) is 4.33. The summed E-state index contributed by atoms with van der Waals surface area (Å²) in [7, 11) is 0. The van der Waals surface area contributed by atoms with Gasteiger partial charge in [-0.15, -0.1) is 12.4 Å². The van der Waals surface area contributed by atoms with Crippen LogP contribution in [0.1, 0.15) is 30.4 Å². The molecule has 0 spiro atoms. The summed E-state index contributed by atoms with van der Waals surface area (Å²) >= 11 is 0. The number of fused-ring (bicyclic) bond motifs is 1. The van der Waals surface area contributed by atoms with E-state index in [2.05, 4.69) is 0 Å². The van der Waals surface area contributed by atoms with E-state index in [1.165, 1.54) is 18.2 Å². The van der Waals surface area contributed by atoms with Crippen LogP contribution >= 0.6 is 12.4 Å². The van der Waals surface area contributed by atoms with E-state index in [1.54, 1.807) is 0 Å². The van der Waals surface area contributed by atoms with Crippen LogP contribution in [0.3, 0.4) is 0 Å². The molecular formula is C15H19ClF3NO2. The first-order chi connectivity index (χ1) is 9.90. The van der Waals surface area contributed by atoms with Gasteiger partial charge in [0.25, 0.3) is 0 Å². The van der Waals surface area contributed by atoms with Crippen molar-refractivity contribution in [2.24, 2.45) is 0 Å². The number of rotatable bonds is 1. The lowest BCUT2D eigenvalue weighted by Gasteiger charge is -2.46. The summed E-state index contributed by atoms with van der Waals surface area (Å²) in [6, 6.07) is 5.31. The van der Waals surface area contributed by atoms with Gasteiger partial charge in [0.2, 0.25) is 5.79 Å². The van der Waals surface area contributed by atoms with Gasteiger partial charge in [-0.25, -0.2) is 0 Å². The molecule has 22 heavy (non-hydrogen) atoms. The maximum atomic E-state index is 13.1. The number of benzene rings is 1. The van der Waals surface area contributed by atoms with E-state index in [9.17, 15) is 18.3 Å². The van der Waals surface area contributed by atoms with Crippen molar-refractivity contribution in [3.63, 3.8) is 0 Å². The maximum absolute atomic E-state index is 13.1. The van der Waals surface area contributed by atoms with Gasteiger partial charge in [-0.1, -0.05) is 24.6 Å². The Morgan fingerprint density at radius 3 is 2.68 bits per heavy atom. The summed E-state index contributed by atoms with van der Waals surface area (Å²) < 4.78 is 44.8. The van der Waals surface area contributed by atoms with E-state index in [4.69, 9.17) is 4.74 Å². The predicted octanol–water partition coefficient (Wildman–Crippen LogP) is 3.16. The van der Waals surface area contributed by atoms with Crippen LogP contribution in [0.2, 0.25) is 0 Å². The normalized spacial score (nSPS) is 29.5. The number of piperidine rings is 1. The number of nitrogens with zero attached hydrogens (tertiary/aromatic N) is 1. The monoisotopic (exact) mass is 337 g/mol. The molecule has 2 heterocycles. The number of hydrogen-bond acceptors (Lipinski definition) is 3. The highest BCUT2D eigenvalue weighted by atomic mass is 35.5. The number of halogens is 4. The molecule has 3 rings (SSSR count). The Kier molecular flexibility index (Phi) is 5.06. The first-order valence-corrected chi connectivity index (χ1v) is 7.17. The minimum Gasteiger partial charge on any atom is -0.361 e. The summed E-state index contributed by atoms with van der Waals surface area (Å²) in [6.45, 7) is 1.15. The van der Waals surface area contributed by atoms with Crippen molar-refractivity contribution in [3.8, 4) is 0 Å². The number of ether oxygens (including phenoxy) is 1. The fourth-order valence-corrected chi connectivity index (χ4v) is 3.25. The quantitative estimate of drug-likeness (QED) is 0.854. The highest BCUT2D eigenvalue weighted by molar-refractivity contribution is 5.85. The first-order valence-electron chi connectivity index (χ1n) is 7.17. The fourth-order valence-electron chi connectivity index (χ4n) is 3.25. The van der Waals surface area contributed by atoms with Gasteiger partial charge >= 0.3 is 6.18 Å². The van der Waals surface area contributed by atoms with E-state index in [1.807, 2.05) is 4.90 Å². The van der Waals surface area contributed by atoms with Crippen LogP contribution in [0.25, 0.3) is 0 Å². The molecule has 0 bridgehead atoms. The second kappa shape index (κ2) is 6.35.